The van der Waals surface area contributed by atoms with E-state index in [2.05, 4.69) is 20.6 Å². The molecule has 10 nitrogen and oxygen atoms in total. The second-order valence-corrected chi connectivity index (χ2v) is 15.9. The van der Waals surface area contributed by atoms with Gasteiger partial charge in [0.1, 0.15) is 39.8 Å². The first-order valence-corrected chi connectivity index (χ1v) is 21.1. The fraction of sp³-hybridized carbons (Fsp3) is 0.0833. The normalized spacial score (nSPS) is 11.8. The number of hydrogen-bond acceptors (Lipinski definition) is 8. The van der Waals surface area contributed by atoms with Gasteiger partial charge in [-0.3, -0.25) is 19.6 Å². The van der Waals surface area contributed by atoms with Crippen molar-refractivity contribution in [1.29, 1.82) is 0 Å². The maximum Gasteiger partial charge on any atom is 0.258 e. The van der Waals surface area contributed by atoms with Crippen LogP contribution in [-0.4, -0.2) is 45.2 Å². The van der Waals surface area contributed by atoms with Crippen molar-refractivity contribution in [2.24, 2.45) is 0 Å². The molecule has 8 aromatic rings. The van der Waals surface area contributed by atoms with Crippen LogP contribution in [0.15, 0.2) is 146 Å². The van der Waals surface area contributed by atoms with Gasteiger partial charge in [0.05, 0.1) is 27.2 Å². The zero-order valence-electron chi connectivity index (χ0n) is 33.1. The SMILES string of the molecule is O=C(COc1ccccc1)NC(c1cc(Cl)c2cccnc2c1O)c1c(Cl)cccc1Cl.O=C(COc1ccccc1)NC(c1ccc(F)c(Cl)c1)c1cc(Cl)c2cccnc2c1O. The maximum absolute atomic E-state index is 13.8. The number of ether oxygens (including phenoxy) is 2. The van der Waals surface area contributed by atoms with E-state index in [1.165, 1.54) is 24.4 Å². The number of aromatic hydroxyl groups is 2. The van der Waals surface area contributed by atoms with Crippen molar-refractivity contribution in [2.75, 3.05) is 13.2 Å². The molecule has 2 atom stereocenters. The standard InChI is InChI=1S/C24H17Cl3N2O3.C24H17Cl2FN2O3/c25-17-9-4-10-18(26)21(17)22(29-20(30)13-32-14-6-2-1-3-7-14)16-12-19(27)15-8-5-11-28-23(15)24(16)31;25-18-12-17(24(31)23-16(18)7-4-10-28-23)22(14-8-9-20(27)19(26)11-14)29-21(30)13-32-15-5-2-1-3-6-15/h2*1-12,22,31H,13H2,(H,29,30). The third-order valence-electron chi connectivity index (χ3n) is 9.71. The number of amides is 2. The molecule has 0 saturated heterocycles. The molecule has 2 aromatic heterocycles. The predicted molar refractivity (Wildman–Crippen MR) is 249 cm³/mol. The summed E-state index contributed by atoms with van der Waals surface area (Å²) >= 11 is 31.8. The number of aromatic nitrogens is 2. The lowest BCUT2D eigenvalue weighted by molar-refractivity contribution is -0.124. The first-order chi connectivity index (χ1) is 30.9. The number of rotatable bonds is 12. The zero-order valence-corrected chi connectivity index (χ0v) is 36.9. The number of nitrogens with zero attached hydrogens (tertiary/aromatic N) is 2. The summed E-state index contributed by atoms with van der Waals surface area (Å²) in [7, 11) is 0. The molecule has 4 N–H and O–H groups in total. The summed E-state index contributed by atoms with van der Waals surface area (Å²) in [5.74, 6) is -0.701. The van der Waals surface area contributed by atoms with Crippen molar-refractivity contribution in [2.45, 2.75) is 12.1 Å². The lowest BCUT2D eigenvalue weighted by Crippen LogP contribution is -2.33. The highest BCUT2D eigenvalue weighted by atomic mass is 35.5. The third kappa shape index (κ3) is 10.7. The summed E-state index contributed by atoms with van der Waals surface area (Å²) in [5.41, 5.74) is 2.05. The lowest BCUT2D eigenvalue weighted by atomic mass is 9.96. The molecule has 8 rings (SSSR count). The van der Waals surface area contributed by atoms with Crippen molar-refractivity contribution in [1.82, 2.24) is 20.6 Å². The van der Waals surface area contributed by atoms with Crippen LogP contribution in [0.3, 0.4) is 0 Å². The van der Waals surface area contributed by atoms with Gasteiger partial charge in [-0.1, -0.05) is 107 Å². The number of benzene rings is 6. The summed E-state index contributed by atoms with van der Waals surface area (Å²) in [6.07, 6.45) is 3.07. The van der Waals surface area contributed by atoms with Crippen LogP contribution in [-0.2, 0) is 9.59 Å². The molecule has 2 unspecified atom stereocenters. The molecule has 16 heteroatoms. The van der Waals surface area contributed by atoms with Crippen molar-refractivity contribution >= 4 is 91.6 Å². The molecule has 0 saturated carbocycles. The van der Waals surface area contributed by atoms with Crippen LogP contribution in [0, 0.1) is 5.82 Å². The fourth-order valence-corrected chi connectivity index (χ4v) is 8.06. The molecule has 0 bridgehead atoms. The number of phenolic OH excluding ortho intramolecular Hbond substituents is 2. The Kier molecular flexibility index (Phi) is 14.9. The van der Waals surface area contributed by atoms with Crippen LogP contribution >= 0.6 is 58.0 Å². The zero-order chi connectivity index (χ0) is 45.3. The molecule has 0 aliphatic rings. The highest BCUT2D eigenvalue weighted by Gasteiger charge is 2.28. The minimum atomic E-state index is -0.896. The molecule has 0 spiro atoms. The number of fused-ring (bicyclic) bond motifs is 2. The summed E-state index contributed by atoms with van der Waals surface area (Å²) in [6, 6.07) is 35.1. The van der Waals surface area contributed by atoms with Crippen molar-refractivity contribution in [3.63, 3.8) is 0 Å². The minimum absolute atomic E-state index is 0.119. The van der Waals surface area contributed by atoms with E-state index in [4.69, 9.17) is 67.5 Å². The van der Waals surface area contributed by atoms with E-state index in [9.17, 15) is 24.2 Å². The molecule has 2 amide bonds. The largest absolute Gasteiger partial charge is 0.505 e. The summed E-state index contributed by atoms with van der Waals surface area (Å²) in [4.78, 5) is 34.0. The van der Waals surface area contributed by atoms with E-state index in [-0.39, 0.29) is 40.8 Å². The van der Waals surface area contributed by atoms with Gasteiger partial charge >= 0.3 is 0 Å². The molecule has 0 radical (unpaired) electrons. The first-order valence-electron chi connectivity index (χ1n) is 19.2. The number of pyridine rings is 2. The highest BCUT2D eigenvalue weighted by Crippen LogP contribution is 2.42. The Labute approximate surface area is 391 Å². The number of para-hydroxylation sites is 2. The molecule has 64 heavy (non-hydrogen) atoms. The van der Waals surface area contributed by atoms with Gasteiger partial charge in [0.15, 0.2) is 13.2 Å². The average Bonchev–Trinajstić information content (AvgIpc) is 3.31. The number of carbonyl (C=O) groups excluding carboxylic acids is 2. The Morgan fingerprint density at radius 2 is 1.02 bits per heavy atom. The van der Waals surface area contributed by atoms with Gasteiger partial charge in [-0.05, 0) is 90.5 Å². The molecule has 324 valence electrons. The van der Waals surface area contributed by atoms with Gasteiger partial charge in [-0.25, -0.2) is 4.39 Å². The van der Waals surface area contributed by atoms with Crippen molar-refractivity contribution in [3.05, 3.63) is 199 Å². The Hall–Kier alpha value is -6.34. The smallest absolute Gasteiger partial charge is 0.258 e. The van der Waals surface area contributed by atoms with E-state index in [1.54, 1.807) is 97.2 Å². The summed E-state index contributed by atoms with van der Waals surface area (Å²) in [5, 5.41) is 30.0. The van der Waals surface area contributed by atoms with Crippen LogP contribution in [0.25, 0.3) is 21.8 Å². The molecular formula is C48H34Cl5FN4O6. The third-order valence-corrected chi connectivity index (χ3v) is 11.3. The van der Waals surface area contributed by atoms with E-state index in [0.29, 0.717) is 64.6 Å². The van der Waals surface area contributed by atoms with Crippen LogP contribution < -0.4 is 20.1 Å². The maximum atomic E-state index is 13.8. The fourth-order valence-electron chi connectivity index (χ4n) is 6.71. The summed E-state index contributed by atoms with van der Waals surface area (Å²) < 4.78 is 24.8. The Morgan fingerprint density at radius 3 is 1.50 bits per heavy atom. The van der Waals surface area contributed by atoms with Crippen molar-refractivity contribution in [3.8, 4) is 23.0 Å². The Morgan fingerprint density at radius 1 is 0.547 bits per heavy atom. The molecular weight excluding hydrogens is 925 g/mol. The average molecular weight is 959 g/mol. The van der Waals surface area contributed by atoms with E-state index in [0.717, 1.165) is 0 Å². The highest BCUT2D eigenvalue weighted by molar-refractivity contribution is 6.37. The number of carbonyl (C=O) groups is 2. The van der Waals surface area contributed by atoms with E-state index >= 15 is 0 Å². The van der Waals surface area contributed by atoms with E-state index in [1.807, 2.05) is 24.3 Å². The molecule has 0 fully saturated rings. The van der Waals surface area contributed by atoms with Gasteiger partial charge in [0.2, 0.25) is 0 Å². The second kappa shape index (κ2) is 20.9. The summed E-state index contributed by atoms with van der Waals surface area (Å²) in [6.45, 7) is -0.515. The molecule has 2 heterocycles. The topological polar surface area (TPSA) is 143 Å². The van der Waals surface area contributed by atoms with Crippen LogP contribution in [0.2, 0.25) is 25.1 Å². The van der Waals surface area contributed by atoms with Gasteiger partial charge in [-0.2, -0.15) is 0 Å². The lowest BCUT2D eigenvalue weighted by Gasteiger charge is -2.24. The van der Waals surface area contributed by atoms with Gasteiger partial charge in [0.25, 0.3) is 11.8 Å². The quantitative estimate of drug-likeness (QED) is 0.0948. The Bertz CT molecular complexity index is 2950. The monoisotopic (exact) mass is 956 g/mol. The van der Waals surface area contributed by atoms with Gasteiger partial charge in [0, 0.05) is 49.9 Å². The molecule has 0 aliphatic carbocycles. The number of nitrogens with one attached hydrogen (secondary N) is 2. The van der Waals surface area contributed by atoms with Crippen molar-refractivity contribution < 1.29 is 33.7 Å². The van der Waals surface area contributed by atoms with Crippen LogP contribution in [0.4, 0.5) is 4.39 Å². The molecule has 6 aromatic carbocycles. The van der Waals surface area contributed by atoms with Gasteiger partial charge in [-0.15, -0.1) is 0 Å². The van der Waals surface area contributed by atoms with Crippen LogP contribution in [0.5, 0.6) is 23.0 Å². The number of hydrogen-bond donors (Lipinski definition) is 4. The second-order valence-electron chi connectivity index (χ2n) is 13.9. The predicted octanol–water partition coefficient (Wildman–Crippen LogP) is 11.9. The number of halogens is 6. The number of phenols is 2. The minimum Gasteiger partial charge on any atom is -0.505 e. The molecule has 0 aliphatic heterocycles. The Balaban J connectivity index is 0.000000191. The van der Waals surface area contributed by atoms with E-state index < -0.39 is 29.7 Å². The van der Waals surface area contributed by atoms with Gasteiger partial charge < -0.3 is 30.3 Å². The van der Waals surface area contributed by atoms with Crippen LogP contribution in [0.1, 0.15) is 34.3 Å². The first kappa shape index (κ1) is 45.7.